The highest BCUT2D eigenvalue weighted by molar-refractivity contribution is 5.47. The molecule has 1 aromatic heterocycles. The predicted octanol–water partition coefficient (Wildman–Crippen LogP) is 5.54. The summed E-state index contributed by atoms with van der Waals surface area (Å²) in [6.07, 6.45) is 7.14. The molecule has 0 aliphatic carbocycles. The Morgan fingerprint density at radius 1 is 1.03 bits per heavy atom. The van der Waals surface area contributed by atoms with Crippen LogP contribution in [0.15, 0.2) is 49.1 Å². The average molecular weight is 456 g/mol. The lowest BCUT2D eigenvalue weighted by Gasteiger charge is -2.26. The van der Waals surface area contributed by atoms with E-state index in [0.717, 1.165) is 44.2 Å². The Balaban J connectivity index is 0.000000479. The minimum Gasteiger partial charge on any atom is -0.396 e. The zero-order chi connectivity index (χ0) is 24.4. The number of aliphatic hydroxyl groups excluding tert-OH is 1. The molecule has 0 fully saturated rings. The minimum absolute atomic E-state index is 0.219. The van der Waals surface area contributed by atoms with Crippen LogP contribution in [0.4, 0.5) is 13.2 Å². The molecule has 180 valence electrons. The summed E-state index contributed by atoms with van der Waals surface area (Å²) in [4.78, 5) is 19.9. The Hall–Kier alpha value is -2.48. The second kappa shape index (κ2) is 17.1. The number of carbonyl (C=O) groups excluding carboxylic acids is 1. The van der Waals surface area contributed by atoms with Crippen LogP contribution in [0.1, 0.15) is 63.5 Å². The number of alkyl halides is 3. The number of halogens is 3. The Kier molecular flexibility index (Phi) is 15.8. The second-order valence-electron chi connectivity index (χ2n) is 7.31. The van der Waals surface area contributed by atoms with Crippen molar-refractivity contribution in [1.82, 2.24) is 14.9 Å². The van der Waals surface area contributed by atoms with Crippen molar-refractivity contribution in [1.29, 1.82) is 0 Å². The number of aryl methyl sites for hydroxylation is 1. The normalized spacial score (nSPS) is 12.4. The molecular formula is C24H36F3N3O2. The Labute approximate surface area is 189 Å². The van der Waals surface area contributed by atoms with Gasteiger partial charge >= 0.3 is 6.18 Å². The molecule has 2 unspecified atom stereocenters. The molecule has 0 saturated heterocycles. The fraction of sp³-hybridized carbons (Fsp3) is 0.542. The highest BCUT2D eigenvalue weighted by atomic mass is 19.4. The molecule has 8 heteroatoms. The molecule has 2 rings (SSSR count). The first-order chi connectivity index (χ1) is 15.2. The summed E-state index contributed by atoms with van der Waals surface area (Å²) in [5, 5.41) is 8.70. The first kappa shape index (κ1) is 29.5. The van der Waals surface area contributed by atoms with Crippen molar-refractivity contribution in [2.24, 2.45) is 0 Å². The van der Waals surface area contributed by atoms with Crippen molar-refractivity contribution in [3.63, 3.8) is 0 Å². The van der Waals surface area contributed by atoms with Crippen molar-refractivity contribution < 1.29 is 23.1 Å². The van der Waals surface area contributed by atoms with E-state index in [1.807, 2.05) is 18.7 Å². The summed E-state index contributed by atoms with van der Waals surface area (Å²) >= 11 is 0. The van der Waals surface area contributed by atoms with Crippen LogP contribution < -0.4 is 0 Å². The van der Waals surface area contributed by atoms with E-state index >= 15 is 0 Å². The standard InChI is InChI=1S/C10H11F3.C10H21NO2.C4H4N2/c1-7-3-5-9(6-4-7)8(2)10(11,12)13;1-3-6-10(7-5-8-12)11(4-2)9-13;1-2-6-4-3-5-1/h3-6,8H,1-2H3;9-10,12H,3-8H2,1-2H3;1-4H. The molecule has 0 aliphatic rings. The van der Waals surface area contributed by atoms with Gasteiger partial charge in [0.05, 0.1) is 5.92 Å². The van der Waals surface area contributed by atoms with E-state index < -0.39 is 12.1 Å². The number of carbonyl (C=O) groups is 1. The van der Waals surface area contributed by atoms with Gasteiger partial charge in [-0.3, -0.25) is 14.8 Å². The van der Waals surface area contributed by atoms with Crippen LogP contribution in [0, 0.1) is 6.92 Å². The molecule has 0 radical (unpaired) electrons. The van der Waals surface area contributed by atoms with Crippen molar-refractivity contribution >= 4 is 6.41 Å². The monoisotopic (exact) mass is 455 g/mol. The van der Waals surface area contributed by atoms with E-state index in [9.17, 15) is 18.0 Å². The topological polar surface area (TPSA) is 66.3 Å². The first-order valence-electron chi connectivity index (χ1n) is 10.9. The van der Waals surface area contributed by atoms with Crippen molar-refractivity contribution in [3.8, 4) is 0 Å². The molecule has 0 bridgehead atoms. The Bertz CT molecular complexity index is 671. The third-order valence-electron chi connectivity index (χ3n) is 4.83. The fourth-order valence-electron chi connectivity index (χ4n) is 2.85. The lowest BCUT2D eigenvalue weighted by molar-refractivity contribution is -0.146. The van der Waals surface area contributed by atoms with Crippen LogP contribution in [0.5, 0.6) is 0 Å². The smallest absolute Gasteiger partial charge is 0.395 e. The van der Waals surface area contributed by atoms with E-state index in [1.165, 1.54) is 19.1 Å². The maximum atomic E-state index is 12.2. The fourth-order valence-corrected chi connectivity index (χ4v) is 2.85. The summed E-state index contributed by atoms with van der Waals surface area (Å²) in [5.41, 5.74) is 1.29. The quantitative estimate of drug-likeness (QED) is 0.504. The molecule has 1 aromatic carbocycles. The van der Waals surface area contributed by atoms with Gasteiger partial charge < -0.3 is 10.0 Å². The van der Waals surface area contributed by atoms with Crippen LogP contribution in [-0.2, 0) is 4.79 Å². The van der Waals surface area contributed by atoms with Gasteiger partial charge in [-0.15, -0.1) is 0 Å². The van der Waals surface area contributed by atoms with Gasteiger partial charge in [-0.1, -0.05) is 43.2 Å². The molecule has 1 amide bonds. The van der Waals surface area contributed by atoms with Crippen molar-refractivity contribution in [2.75, 3.05) is 13.2 Å². The van der Waals surface area contributed by atoms with Crippen LogP contribution in [0.25, 0.3) is 0 Å². The first-order valence-corrected chi connectivity index (χ1v) is 10.9. The van der Waals surface area contributed by atoms with Gasteiger partial charge in [-0.25, -0.2) is 0 Å². The summed E-state index contributed by atoms with van der Waals surface area (Å²) < 4.78 is 36.7. The van der Waals surface area contributed by atoms with Gasteiger partial charge in [-0.2, -0.15) is 13.2 Å². The molecule has 32 heavy (non-hydrogen) atoms. The SMILES string of the molecule is CCCC(CCCO)N(C=O)CC.Cc1ccc(C(C)C(F)(F)F)cc1.c1cnccn1. The van der Waals surface area contributed by atoms with Gasteiger partial charge in [0, 0.05) is 44.0 Å². The molecule has 0 saturated carbocycles. The van der Waals surface area contributed by atoms with Gasteiger partial charge in [0.2, 0.25) is 6.41 Å². The number of hydrogen-bond acceptors (Lipinski definition) is 4. The average Bonchev–Trinajstić information content (AvgIpc) is 2.79. The molecule has 5 nitrogen and oxygen atoms in total. The van der Waals surface area contributed by atoms with Crippen LogP contribution in [0.2, 0.25) is 0 Å². The molecule has 2 atom stereocenters. The number of amides is 1. The van der Waals surface area contributed by atoms with E-state index in [-0.39, 0.29) is 6.61 Å². The molecule has 1 N–H and O–H groups in total. The summed E-state index contributed by atoms with van der Waals surface area (Å²) in [5.74, 6) is -1.38. The van der Waals surface area contributed by atoms with E-state index in [2.05, 4.69) is 16.9 Å². The van der Waals surface area contributed by atoms with Gasteiger partial charge in [0.25, 0.3) is 0 Å². The summed E-state index contributed by atoms with van der Waals surface area (Å²) in [7, 11) is 0. The van der Waals surface area contributed by atoms with E-state index in [0.29, 0.717) is 11.6 Å². The number of aliphatic hydroxyl groups is 1. The maximum Gasteiger partial charge on any atom is 0.395 e. The zero-order valence-corrected chi connectivity index (χ0v) is 19.4. The number of nitrogens with zero attached hydrogens (tertiary/aromatic N) is 3. The third-order valence-corrected chi connectivity index (χ3v) is 4.83. The number of rotatable bonds is 9. The highest BCUT2D eigenvalue weighted by Gasteiger charge is 2.36. The van der Waals surface area contributed by atoms with Crippen molar-refractivity contribution in [3.05, 3.63) is 60.2 Å². The summed E-state index contributed by atoms with van der Waals surface area (Å²) in [6.45, 7) is 8.10. The molecule has 1 heterocycles. The third kappa shape index (κ3) is 13.0. The lowest BCUT2D eigenvalue weighted by Crippen LogP contribution is -2.34. The Morgan fingerprint density at radius 3 is 1.91 bits per heavy atom. The molecular weight excluding hydrogens is 419 g/mol. The van der Waals surface area contributed by atoms with Crippen LogP contribution >= 0.6 is 0 Å². The minimum atomic E-state index is -4.14. The van der Waals surface area contributed by atoms with E-state index in [4.69, 9.17) is 5.11 Å². The number of benzene rings is 1. The molecule has 0 spiro atoms. The van der Waals surface area contributed by atoms with Gasteiger partial charge in [0.1, 0.15) is 0 Å². The summed E-state index contributed by atoms with van der Waals surface area (Å²) in [6, 6.07) is 6.75. The molecule has 2 aromatic rings. The predicted molar refractivity (Wildman–Crippen MR) is 121 cm³/mol. The second-order valence-corrected chi connectivity index (χ2v) is 7.31. The zero-order valence-electron chi connectivity index (χ0n) is 19.4. The largest absolute Gasteiger partial charge is 0.396 e. The Morgan fingerprint density at radius 2 is 1.56 bits per heavy atom. The maximum absolute atomic E-state index is 12.2. The highest BCUT2D eigenvalue weighted by Crippen LogP contribution is 2.34. The van der Waals surface area contributed by atoms with Gasteiger partial charge in [-0.05, 0) is 45.6 Å². The molecule has 0 aliphatic heterocycles. The van der Waals surface area contributed by atoms with Crippen LogP contribution in [0.3, 0.4) is 0 Å². The van der Waals surface area contributed by atoms with Gasteiger partial charge in [0.15, 0.2) is 0 Å². The number of aromatic nitrogens is 2. The lowest BCUT2D eigenvalue weighted by atomic mass is 10.00. The number of hydrogen-bond donors (Lipinski definition) is 1. The van der Waals surface area contributed by atoms with E-state index in [1.54, 1.807) is 36.9 Å². The van der Waals surface area contributed by atoms with Crippen LogP contribution in [-0.4, -0.2) is 51.8 Å². The van der Waals surface area contributed by atoms with Crippen molar-refractivity contribution in [2.45, 2.75) is 71.5 Å².